The highest BCUT2D eigenvalue weighted by molar-refractivity contribution is 5.49. The Labute approximate surface area is 74.0 Å². The Balaban J connectivity index is 2.82. The number of aryl methyl sites for hydroxylation is 1. The lowest BCUT2D eigenvalue weighted by atomic mass is 10.2. The van der Waals surface area contributed by atoms with E-state index in [9.17, 15) is 0 Å². The maximum Gasteiger partial charge on any atom is 0.0942 e. The average molecular weight is 163 g/mol. The summed E-state index contributed by atoms with van der Waals surface area (Å²) in [6, 6.07) is 2.46. The van der Waals surface area contributed by atoms with Crippen molar-refractivity contribution in [1.82, 2.24) is 4.98 Å². The van der Waals surface area contributed by atoms with Crippen LogP contribution in [0, 0.1) is 6.20 Å². The van der Waals surface area contributed by atoms with E-state index in [2.05, 4.69) is 37.3 Å². The topological polar surface area (TPSA) is 24.9 Å². The summed E-state index contributed by atoms with van der Waals surface area (Å²) >= 11 is 0. The zero-order chi connectivity index (χ0) is 8.97. The SMILES string of the molecule is CCc1[c]nccc1NC(C)C. The van der Waals surface area contributed by atoms with Crippen LogP contribution in [0.15, 0.2) is 12.3 Å². The summed E-state index contributed by atoms with van der Waals surface area (Å²) in [5.41, 5.74) is 2.31. The number of hydrogen-bond donors (Lipinski definition) is 1. The predicted molar refractivity (Wildman–Crippen MR) is 51.2 cm³/mol. The van der Waals surface area contributed by atoms with Gasteiger partial charge < -0.3 is 5.32 Å². The van der Waals surface area contributed by atoms with Crippen molar-refractivity contribution in [3.05, 3.63) is 24.0 Å². The third-order valence-electron chi connectivity index (χ3n) is 1.64. The van der Waals surface area contributed by atoms with Crippen molar-refractivity contribution in [3.8, 4) is 0 Å². The summed E-state index contributed by atoms with van der Waals surface area (Å²) in [5, 5.41) is 3.35. The monoisotopic (exact) mass is 163 g/mol. The Bertz CT molecular complexity index is 243. The Kier molecular flexibility index (Phi) is 3.09. The molecule has 0 saturated carbocycles. The van der Waals surface area contributed by atoms with Crippen molar-refractivity contribution >= 4 is 5.69 Å². The van der Waals surface area contributed by atoms with Gasteiger partial charge in [-0.2, -0.15) is 0 Å². The lowest BCUT2D eigenvalue weighted by molar-refractivity contribution is 0.891. The molecule has 0 amide bonds. The van der Waals surface area contributed by atoms with Crippen LogP contribution < -0.4 is 5.32 Å². The van der Waals surface area contributed by atoms with Gasteiger partial charge in [0.15, 0.2) is 0 Å². The molecular weight excluding hydrogens is 148 g/mol. The van der Waals surface area contributed by atoms with Gasteiger partial charge in [0, 0.05) is 23.5 Å². The number of hydrogen-bond acceptors (Lipinski definition) is 2. The molecule has 1 heterocycles. The van der Waals surface area contributed by atoms with E-state index in [0.29, 0.717) is 6.04 Å². The number of anilines is 1. The molecule has 0 aliphatic rings. The molecule has 0 saturated heterocycles. The quantitative estimate of drug-likeness (QED) is 0.739. The predicted octanol–water partition coefficient (Wildman–Crippen LogP) is 2.26. The van der Waals surface area contributed by atoms with Gasteiger partial charge in [0.2, 0.25) is 0 Å². The molecule has 0 unspecified atom stereocenters. The smallest absolute Gasteiger partial charge is 0.0942 e. The molecule has 1 radical (unpaired) electrons. The van der Waals surface area contributed by atoms with Gasteiger partial charge in [-0.1, -0.05) is 6.92 Å². The molecule has 0 spiro atoms. The van der Waals surface area contributed by atoms with Gasteiger partial charge in [-0.25, -0.2) is 0 Å². The molecule has 2 heteroatoms. The maximum atomic E-state index is 3.96. The lowest BCUT2D eigenvalue weighted by Crippen LogP contribution is -2.11. The van der Waals surface area contributed by atoms with Crippen LogP contribution in [0.25, 0.3) is 0 Å². The summed E-state index contributed by atoms with van der Waals surface area (Å²) in [5.74, 6) is 0. The zero-order valence-corrected chi connectivity index (χ0v) is 7.89. The molecule has 12 heavy (non-hydrogen) atoms. The second-order valence-electron chi connectivity index (χ2n) is 3.10. The van der Waals surface area contributed by atoms with Crippen molar-refractivity contribution in [2.75, 3.05) is 5.32 Å². The van der Waals surface area contributed by atoms with E-state index in [-0.39, 0.29) is 0 Å². The maximum absolute atomic E-state index is 3.96. The summed E-state index contributed by atoms with van der Waals surface area (Å²) < 4.78 is 0. The van der Waals surface area contributed by atoms with E-state index in [4.69, 9.17) is 0 Å². The van der Waals surface area contributed by atoms with E-state index in [0.717, 1.165) is 17.7 Å². The summed E-state index contributed by atoms with van der Waals surface area (Å²) in [6.07, 6.45) is 5.72. The molecular formula is C10H15N2. The van der Waals surface area contributed by atoms with Crippen molar-refractivity contribution in [3.63, 3.8) is 0 Å². The van der Waals surface area contributed by atoms with Gasteiger partial charge in [0.05, 0.1) is 6.20 Å². The average Bonchev–Trinajstić information content (AvgIpc) is 2.04. The molecule has 1 N–H and O–H groups in total. The summed E-state index contributed by atoms with van der Waals surface area (Å²) in [6.45, 7) is 6.36. The van der Waals surface area contributed by atoms with Gasteiger partial charge >= 0.3 is 0 Å². The van der Waals surface area contributed by atoms with Crippen molar-refractivity contribution in [2.45, 2.75) is 33.2 Å². The van der Waals surface area contributed by atoms with Gasteiger partial charge in [0.1, 0.15) is 0 Å². The first-order valence-electron chi connectivity index (χ1n) is 4.36. The van der Waals surface area contributed by atoms with Crippen LogP contribution in [-0.4, -0.2) is 11.0 Å². The van der Waals surface area contributed by atoms with Crippen LogP contribution in [-0.2, 0) is 6.42 Å². The van der Waals surface area contributed by atoms with E-state index in [1.807, 2.05) is 6.07 Å². The molecule has 2 nitrogen and oxygen atoms in total. The summed E-state index contributed by atoms with van der Waals surface area (Å²) in [7, 11) is 0. The zero-order valence-electron chi connectivity index (χ0n) is 7.89. The Morgan fingerprint density at radius 2 is 2.33 bits per heavy atom. The van der Waals surface area contributed by atoms with Crippen LogP contribution in [0.4, 0.5) is 5.69 Å². The molecule has 0 atom stereocenters. The highest BCUT2D eigenvalue weighted by Gasteiger charge is 2.00. The number of aromatic nitrogens is 1. The van der Waals surface area contributed by atoms with Crippen molar-refractivity contribution in [1.29, 1.82) is 0 Å². The second kappa shape index (κ2) is 4.10. The Morgan fingerprint density at radius 1 is 1.58 bits per heavy atom. The van der Waals surface area contributed by atoms with Crippen LogP contribution in [0.3, 0.4) is 0 Å². The minimum Gasteiger partial charge on any atom is -0.383 e. The molecule has 1 aromatic rings. The molecule has 0 fully saturated rings. The van der Waals surface area contributed by atoms with E-state index >= 15 is 0 Å². The van der Waals surface area contributed by atoms with Gasteiger partial charge in [-0.15, -0.1) is 0 Å². The molecule has 0 aromatic carbocycles. The van der Waals surface area contributed by atoms with Gasteiger partial charge in [0.25, 0.3) is 0 Å². The van der Waals surface area contributed by atoms with Crippen LogP contribution in [0.2, 0.25) is 0 Å². The minimum atomic E-state index is 0.464. The van der Waals surface area contributed by atoms with Gasteiger partial charge in [-0.3, -0.25) is 4.98 Å². The number of nitrogens with one attached hydrogen (secondary N) is 1. The highest BCUT2D eigenvalue weighted by atomic mass is 14.9. The number of rotatable bonds is 3. The minimum absolute atomic E-state index is 0.464. The molecule has 0 aliphatic carbocycles. The second-order valence-corrected chi connectivity index (χ2v) is 3.10. The fraction of sp³-hybridized carbons (Fsp3) is 0.500. The third kappa shape index (κ3) is 2.22. The van der Waals surface area contributed by atoms with Crippen molar-refractivity contribution < 1.29 is 0 Å². The lowest BCUT2D eigenvalue weighted by Gasteiger charge is -2.12. The van der Waals surface area contributed by atoms with Crippen LogP contribution in [0.5, 0.6) is 0 Å². The van der Waals surface area contributed by atoms with E-state index in [1.165, 1.54) is 0 Å². The van der Waals surface area contributed by atoms with Gasteiger partial charge in [-0.05, 0) is 26.3 Å². The molecule has 0 bridgehead atoms. The number of nitrogens with zero attached hydrogens (tertiary/aromatic N) is 1. The molecule has 0 aliphatic heterocycles. The molecule has 65 valence electrons. The molecule has 1 aromatic heterocycles. The number of pyridine rings is 1. The standard InChI is InChI=1S/C10H15N2/c1-4-9-7-11-6-5-10(9)12-8(2)3/h5-6,8H,4H2,1-3H3,(H,11,12). The van der Waals surface area contributed by atoms with E-state index in [1.54, 1.807) is 6.20 Å². The van der Waals surface area contributed by atoms with Crippen molar-refractivity contribution in [2.24, 2.45) is 0 Å². The Hall–Kier alpha value is -1.05. The first-order valence-corrected chi connectivity index (χ1v) is 4.36. The first kappa shape index (κ1) is 9.04. The Morgan fingerprint density at radius 3 is 2.92 bits per heavy atom. The summed E-state index contributed by atoms with van der Waals surface area (Å²) in [4.78, 5) is 3.96. The third-order valence-corrected chi connectivity index (χ3v) is 1.64. The highest BCUT2D eigenvalue weighted by Crippen LogP contribution is 2.13. The van der Waals surface area contributed by atoms with E-state index < -0.39 is 0 Å². The largest absolute Gasteiger partial charge is 0.383 e. The van der Waals surface area contributed by atoms with Crippen LogP contribution in [0.1, 0.15) is 26.3 Å². The first-order chi connectivity index (χ1) is 5.74. The fourth-order valence-electron chi connectivity index (χ4n) is 1.10. The van der Waals surface area contributed by atoms with Crippen LogP contribution >= 0.6 is 0 Å². The fourth-order valence-corrected chi connectivity index (χ4v) is 1.10. The normalized spacial score (nSPS) is 10.3. The molecule has 1 rings (SSSR count).